The molecule has 1 atom stereocenters. The van der Waals surface area contributed by atoms with E-state index in [1.54, 1.807) is 12.4 Å². The maximum Gasteiger partial charge on any atom is 0.276 e. The fraction of sp³-hybridized carbons (Fsp3) is 0.632. The summed E-state index contributed by atoms with van der Waals surface area (Å²) in [7, 11) is 0. The minimum absolute atomic E-state index is 0.00754. The number of carbonyl (C=O) groups is 1. The maximum absolute atomic E-state index is 13.4. The lowest BCUT2D eigenvalue weighted by molar-refractivity contribution is 0.0338. The van der Waals surface area contributed by atoms with Gasteiger partial charge in [-0.3, -0.25) is 4.79 Å². The van der Waals surface area contributed by atoms with Crippen LogP contribution >= 0.6 is 0 Å². The highest BCUT2D eigenvalue weighted by Crippen LogP contribution is 2.29. The van der Waals surface area contributed by atoms with Gasteiger partial charge in [-0.2, -0.15) is 0 Å². The molecule has 0 unspecified atom stereocenters. The molecule has 6 nitrogen and oxygen atoms in total. The van der Waals surface area contributed by atoms with Crippen molar-refractivity contribution in [3.05, 3.63) is 30.5 Å². The SMILES string of the molecule is CC1CCC(N(C[C@@H]2CCCO2)C(=O)c2nccn3ccnc23)CC1. The lowest BCUT2D eigenvalue weighted by Gasteiger charge is -2.37. The normalized spacial score (nSPS) is 26.8. The van der Waals surface area contributed by atoms with Gasteiger partial charge in [0.15, 0.2) is 11.3 Å². The van der Waals surface area contributed by atoms with E-state index in [1.807, 2.05) is 21.7 Å². The highest BCUT2D eigenvalue weighted by molar-refractivity contribution is 5.98. The molecular weight excluding hydrogens is 316 g/mol. The average molecular weight is 342 g/mol. The van der Waals surface area contributed by atoms with E-state index in [1.165, 1.54) is 12.8 Å². The van der Waals surface area contributed by atoms with Gasteiger partial charge in [0, 0.05) is 44.0 Å². The van der Waals surface area contributed by atoms with Crippen molar-refractivity contribution < 1.29 is 9.53 Å². The Balaban J connectivity index is 1.61. The van der Waals surface area contributed by atoms with Crippen molar-refractivity contribution in [2.45, 2.75) is 57.6 Å². The molecule has 0 radical (unpaired) electrons. The fourth-order valence-corrected chi connectivity index (χ4v) is 4.10. The van der Waals surface area contributed by atoms with Crippen molar-refractivity contribution in [2.75, 3.05) is 13.2 Å². The molecule has 1 aliphatic carbocycles. The molecular formula is C19H26N4O2. The van der Waals surface area contributed by atoms with Crippen molar-refractivity contribution >= 4 is 11.6 Å². The Morgan fingerprint density at radius 3 is 2.68 bits per heavy atom. The van der Waals surface area contributed by atoms with Gasteiger partial charge in [-0.25, -0.2) is 9.97 Å². The lowest BCUT2D eigenvalue weighted by atomic mass is 9.86. The number of rotatable bonds is 4. The average Bonchev–Trinajstić information content (AvgIpc) is 3.31. The molecule has 134 valence electrons. The van der Waals surface area contributed by atoms with Gasteiger partial charge in [0.05, 0.1) is 6.10 Å². The summed E-state index contributed by atoms with van der Waals surface area (Å²) in [6.45, 7) is 3.78. The van der Waals surface area contributed by atoms with Crippen LogP contribution in [-0.4, -0.2) is 50.5 Å². The van der Waals surface area contributed by atoms with Gasteiger partial charge in [0.25, 0.3) is 5.91 Å². The van der Waals surface area contributed by atoms with Crippen LogP contribution in [0.1, 0.15) is 55.9 Å². The van der Waals surface area contributed by atoms with E-state index < -0.39 is 0 Å². The summed E-state index contributed by atoms with van der Waals surface area (Å²) in [5.41, 5.74) is 1.08. The van der Waals surface area contributed by atoms with Crippen molar-refractivity contribution in [3.8, 4) is 0 Å². The standard InChI is InChI=1S/C19H26N4O2/c1-14-4-6-15(7-5-14)23(13-16-3-2-12-25-16)19(24)17-18-21-9-11-22(18)10-8-20-17/h8-11,14-16H,2-7,12-13H2,1H3/t14?,15?,16-/m0/s1. The van der Waals surface area contributed by atoms with Crippen LogP contribution in [0, 0.1) is 5.92 Å². The van der Waals surface area contributed by atoms with Gasteiger partial charge < -0.3 is 14.0 Å². The number of hydrogen-bond donors (Lipinski definition) is 0. The van der Waals surface area contributed by atoms with Crippen LogP contribution < -0.4 is 0 Å². The van der Waals surface area contributed by atoms with Gasteiger partial charge in [-0.15, -0.1) is 0 Å². The molecule has 25 heavy (non-hydrogen) atoms. The van der Waals surface area contributed by atoms with Crippen LogP contribution in [0.2, 0.25) is 0 Å². The van der Waals surface area contributed by atoms with Crippen LogP contribution in [-0.2, 0) is 4.74 Å². The number of amides is 1. The monoisotopic (exact) mass is 342 g/mol. The number of imidazole rings is 1. The predicted octanol–water partition coefficient (Wildman–Crippen LogP) is 2.93. The van der Waals surface area contributed by atoms with E-state index in [2.05, 4.69) is 16.9 Å². The molecule has 2 aliphatic rings. The number of aromatic nitrogens is 3. The predicted molar refractivity (Wildman–Crippen MR) is 94.4 cm³/mol. The minimum atomic E-state index is -0.00754. The lowest BCUT2D eigenvalue weighted by Crippen LogP contribution is -2.46. The third kappa shape index (κ3) is 3.40. The first-order chi connectivity index (χ1) is 12.2. The molecule has 1 saturated carbocycles. The van der Waals surface area contributed by atoms with Gasteiger partial charge >= 0.3 is 0 Å². The first-order valence-corrected chi connectivity index (χ1v) is 9.42. The minimum Gasteiger partial charge on any atom is -0.376 e. The van der Waals surface area contributed by atoms with E-state index in [9.17, 15) is 4.79 Å². The quantitative estimate of drug-likeness (QED) is 0.857. The van der Waals surface area contributed by atoms with Crippen LogP contribution in [0.4, 0.5) is 0 Å². The Morgan fingerprint density at radius 2 is 1.96 bits per heavy atom. The number of carbonyl (C=O) groups excluding carboxylic acids is 1. The Hall–Kier alpha value is -1.95. The van der Waals surface area contributed by atoms with Gasteiger partial charge in [-0.1, -0.05) is 6.92 Å². The molecule has 1 aliphatic heterocycles. The van der Waals surface area contributed by atoms with E-state index in [0.717, 1.165) is 38.2 Å². The highest BCUT2D eigenvalue weighted by atomic mass is 16.5. The first kappa shape index (κ1) is 16.5. The Labute approximate surface area is 148 Å². The van der Waals surface area contributed by atoms with E-state index in [4.69, 9.17) is 4.74 Å². The van der Waals surface area contributed by atoms with Crippen molar-refractivity contribution in [3.63, 3.8) is 0 Å². The van der Waals surface area contributed by atoms with Gasteiger partial charge in [-0.05, 0) is 44.4 Å². The maximum atomic E-state index is 13.4. The van der Waals surface area contributed by atoms with Gasteiger partial charge in [0.2, 0.25) is 0 Å². The van der Waals surface area contributed by atoms with Crippen LogP contribution in [0.3, 0.4) is 0 Å². The number of ether oxygens (including phenoxy) is 1. The van der Waals surface area contributed by atoms with Crippen molar-refractivity contribution in [2.24, 2.45) is 5.92 Å². The third-order valence-electron chi connectivity index (χ3n) is 5.63. The Bertz CT molecular complexity index is 730. The number of fused-ring (bicyclic) bond motifs is 1. The largest absolute Gasteiger partial charge is 0.376 e. The molecule has 0 spiro atoms. The first-order valence-electron chi connectivity index (χ1n) is 9.42. The molecule has 4 rings (SSSR count). The smallest absolute Gasteiger partial charge is 0.276 e. The summed E-state index contributed by atoms with van der Waals surface area (Å²) in [6, 6.07) is 0.282. The molecule has 0 bridgehead atoms. The summed E-state index contributed by atoms with van der Waals surface area (Å²) < 4.78 is 7.67. The Kier molecular flexibility index (Phi) is 4.70. The summed E-state index contributed by atoms with van der Waals surface area (Å²) >= 11 is 0. The molecule has 1 saturated heterocycles. The third-order valence-corrected chi connectivity index (χ3v) is 5.63. The molecule has 2 fully saturated rings. The van der Waals surface area contributed by atoms with E-state index in [-0.39, 0.29) is 18.1 Å². The second-order valence-electron chi connectivity index (χ2n) is 7.44. The summed E-state index contributed by atoms with van der Waals surface area (Å²) in [6.07, 6.45) is 13.8. The molecule has 6 heteroatoms. The van der Waals surface area contributed by atoms with E-state index >= 15 is 0 Å². The fourth-order valence-electron chi connectivity index (χ4n) is 4.10. The summed E-state index contributed by atoms with van der Waals surface area (Å²) in [4.78, 5) is 24.1. The molecule has 2 aromatic rings. The number of hydrogen-bond acceptors (Lipinski definition) is 4. The molecule has 0 aromatic carbocycles. The summed E-state index contributed by atoms with van der Waals surface area (Å²) in [5.74, 6) is 0.747. The molecule has 2 aromatic heterocycles. The Morgan fingerprint density at radius 1 is 1.20 bits per heavy atom. The van der Waals surface area contributed by atoms with Gasteiger partial charge in [0.1, 0.15) is 0 Å². The zero-order valence-electron chi connectivity index (χ0n) is 14.8. The van der Waals surface area contributed by atoms with Crippen LogP contribution in [0.15, 0.2) is 24.8 Å². The van der Waals surface area contributed by atoms with Crippen LogP contribution in [0.25, 0.3) is 5.65 Å². The van der Waals surface area contributed by atoms with E-state index in [0.29, 0.717) is 17.9 Å². The second-order valence-corrected chi connectivity index (χ2v) is 7.44. The van der Waals surface area contributed by atoms with Crippen molar-refractivity contribution in [1.29, 1.82) is 0 Å². The molecule has 3 heterocycles. The van der Waals surface area contributed by atoms with Crippen molar-refractivity contribution in [1.82, 2.24) is 19.3 Å². The molecule has 1 amide bonds. The zero-order chi connectivity index (χ0) is 17.2. The highest BCUT2D eigenvalue weighted by Gasteiger charge is 2.32. The summed E-state index contributed by atoms with van der Waals surface area (Å²) in [5, 5.41) is 0. The molecule has 0 N–H and O–H groups in total. The topological polar surface area (TPSA) is 59.7 Å². The van der Waals surface area contributed by atoms with Crippen LogP contribution in [0.5, 0.6) is 0 Å². The second kappa shape index (κ2) is 7.12. The number of nitrogens with zero attached hydrogens (tertiary/aromatic N) is 4. The zero-order valence-corrected chi connectivity index (χ0v) is 14.8.